The van der Waals surface area contributed by atoms with Gasteiger partial charge in [-0.2, -0.15) is 0 Å². The van der Waals surface area contributed by atoms with E-state index in [9.17, 15) is 15.0 Å². The molecule has 2 N–H and O–H groups in total. The average molecular weight is 253 g/mol. The van der Waals surface area contributed by atoms with Gasteiger partial charge < -0.3 is 15.1 Å². The van der Waals surface area contributed by atoms with Crippen molar-refractivity contribution in [2.24, 2.45) is 0 Å². The fourth-order valence-electron chi connectivity index (χ4n) is 1.79. The molecule has 102 valence electrons. The van der Waals surface area contributed by atoms with Gasteiger partial charge in [-0.1, -0.05) is 27.7 Å². The molecule has 1 aromatic carbocycles. The van der Waals surface area contributed by atoms with Crippen LogP contribution in [-0.2, 0) is 0 Å². The summed E-state index contributed by atoms with van der Waals surface area (Å²) in [6, 6.07) is 2.94. The van der Waals surface area contributed by atoms with Gasteiger partial charge in [0.2, 0.25) is 0 Å². The monoisotopic (exact) mass is 253 g/mol. The number of rotatable bonds is 0. The SMILES string of the molecule is CC.CC.Cc1cc(O)cc2c1C(=O)N(C)C2O. The third-order valence-corrected chi connectivity index (χ3v) is 2.53. The number of carbonyl (C=O) groups excluding carboxylic acids is 1. The Labute approximate surface area is 109 Å². The molecule has 18 heavy (non-hydrogen) atoms. The minimum atomic E-state index is -0.941. The first-order valence-electron chi connectivity index (χ1n) is 6.31. The Morgan fingerprint density at radius 2 is 1.67 bits per heavy atom. The highest BCUT2D eigenvalue weighted by molar-refractivity contribution is 6.00. The van der Waals surface area contributed by atoms with Gasteiger partial charge in [0, 0.05) is 12.6 Å². The van der Waals surface area contributed by atoms with Crippen LogP contribution in [0.1, 0.15) is 55.4 Å². The zero-order valence-corrected chi connectivity index (χ0v) is 12.0. The van der Waals surface area contributed by atoms with Crippen LogP contribution in [0.4, 0.5) is 0 Å². The number of hydrogen-bond acceptors (Lipinski definition) is 3. The molecule has 1 aliphatic rings. The van der Waals surface area contributed by atoms with E-state index in [0.717, 1.165) is 0 Å². The lowest BCUT2D eigenvalue weighted by molar-refractivity contribution is 0.0301. The van der Waals surface area contributed by atoms with Gasteiger partial charge in [0.05, 0.1) is 5.56 Å². The van der Waals surface area contributed by atoms with Crippen LogP contribution in [0.2, 0.25) is 0 Å². The predicted molar refractivity (Wildman–Crippen MR) is 72.6 cm³/mol. The summed E-state index contributed by atoms with van der Waals surface area (Å²) in [6.07, 6.45) is -0.941. The molecule has 2 rings (SSSR count). The van der Waals surface area contributed by atoms with Crippen molar-refractivity contribution in [1.82, 2.24) is 4.90 Å². The van der Waals surface area contributed by atoms with E-state index in [2.05, 4.69) is 0 Å². The molecule has 1 aliphatic heterocycles. The van der Waals surface area contributed by atoms with Crippen molar-refractivity contribution in [2.45, 2.75) is 40.8 Å². The molecule has 0 saturated heterocycles. The normalized spacial score (nSPS) is 16.3. The summed E-state index contributed by atoms with van der Waals surface area (Å²) >= 11 is 0. The molecule has 1 amide bonds. The van der Waals surface area contributed by atoms with Gasteiger partial charge in [-0.25, -0.2) is 0 Å². The summed E-state index contributed by atoms with van der Waals surface area (Å²) in [4.78, 5) is 12.9. The van der Waals surface area contributed by atoms with Gasteiger partial charge >= 0.3 is 0 Å². The molecule has 0 bridgehead atoms. The van der Waals surface area contributed by atoms with Gasteiger partial charge in [-0.15, -0.1) is 0 Å². The van der Waals surface area contributed by atoms with Gasteiger partial charge in [-0.05, 0) is 24.6 Å². The van der Waals surface area contributed by atoms with Crippen LogP contribution < -0.4 is 0 Å². The standard InChI is InChI=1S/C10H11NO3.2C2H6/c1-5-3-6(12)4-7-8(5)10(14)11(2)9(7)13;2*1-2/h3-4,9,12-13H,1-2H3;2*1-2H3. The lowest BCUT2D eigenvalue weighted by Crippen LogP contribution is -2.22. The largest absolute Gasteiger partial charge is 0.508 e. The van der Waals surface area contributed by atoms with E-state index >= 15 is 0 Å². The van der Waals surface area contributed by atoms with Crippen LogP contribution in [0.3, 0.4) is 0 Å². The number of phenols is 1. The number of aryl methyl sites for hydroxylation is 1. The Kier molecular flexibility index (Phi) is 6.41. The van der Waals surface area contributed by atoms with Gasteiger partial charge in [-0.3, -0.25) is 4.79 Å². The molecule has 0 spiro atoms. The molecule has 0 radical (unpaired) electrons. The van der Waals surface area contributed by atoms with Crippen molar-refractivity contribution in [2.75, 3.05) is 7.05 Å². The number of fused-ring (bicyclic) bond motifs is 1. The van der Waals surface area contributed by atoms with E-state index in [1.807, 2.05) is 27.7 Å². The highest BCUT2D eigenvalue weighted by Gasteiger charge is 2.34. The summed E-state index contributed by atoms with van der Waals surface area (Å²) < 4.78 is 0. The zero-order chi connectivity index (χ0) is 14.5. The zero-order valence-electron chi connectivity index (χ0n) is 12.0. The van der Waals surface area contributed by atoms with Crippen LogP contribution in [0, 0.1) is 6.92 Å². The molecule has 4 nitrogen and oxygen atoms in total. The quantitative estimate of drug-likeness (QED) is 0.747. The number of aromatic hydroxyl groups is 1. The van der Waals surface area contributed by atoms with Crippen molar-refractivity contribution in [3.8, 4) is 5.75 Å². The minimum absolute atomic E-state index is 0.0726. The van der Waals surface area contributed by atoms with Crippen LogP contribution in [0.5, 0.6) is 5.75 Å². The van der Waals surface area contributed by atoms with Gasteiger partial charge in [0.15, 0.2) is 6.23 Å². The maximum atomic E-state index is 11.6. The molecule has 4 heteroatoms. The maximum absolute atomic E-state index is 11.6. The Hall–Kier alpha value is -1.55. The summed E-state index contributed by atoms with van der Waals surface area (Å²) in [5.74, 6) is -0.131. The molecule has 0 aliphatic carbocycles. The molecule has 1 aromatic rings. The first-order chi connectivity index (χ1) is 8.52. The lowest BCUT2D eigenvalue weighted by atomic mass is 10.0. The number of benzene rings is 1. The Morgan fingerprint density at radius 1 is 1.17 bits per heavy atom. The summed E-state index contributed by atoms with van der Waals surface area (Å²) in [5, 5.41) is 19.0. The van der Waals surface area contributed by atoms with E-state index < -0.39 is 6.23 Å². The topological polar surface area (TPSA) is 60.8 Å². The second kappa shape index (κ2) is 7.01. The van der Waals surface area contributed by atoms with E-state index in [1.165, 1.54) is 24.1 Å². The van der Waals surface area contributed by atoms with E-state index in [0.29, 0.717) is 16.7 Å². The number of aliphatic hydroxyl groups is 1. The average Bonchev–Trinajstić information content (AvgIpc) is 2.59. The fourth-order valence-corrected chi connectivity index (χ4v) is 1.79. The smallest absolute Gasteiger partial charge is 0.256 e. The molecule has 1 atom stereocenters. The van der Waals surface area contributed by atoms with Crippen LogP contribution in [0.25, 0.3) is 0 Å². The van der Waals surface area contributed by atoms with E-state index in [-0.39, 0.29) is 11.7 Å². The van der Waals surface area contributed by atoms with Crippen molar-refractivity contribution in [1.29, 1.82) is 0 Å². The number of hydrogen-bond donors (Lipinski definition) is 2. The number of carbonyl (C=O) groups is 1. The number of aliphatic hydroxyl groups excluding tert-OH is 1. The molecule has 1 unspecified atom stereocenters. The fraction of sp³-hybridized carbons (Fsp3) is 0.500. The highest BCUT2D eigenvalue weighted by Crippen LogP contribution is 2.34. The first-order valence-corrected chi connectivity index (χ1v) is 6.31. The molecule has 1 heterocycles. The third-order valence-electron chi connectivity index (χ3n) is 2.53. The molecule has 0 saturated carbocycles. The van der Waals surface area contributed by atoms with E-state index in [4.69, 9.17) is 0 Å². The molecule has 0 fully saturated rings. The van der Waals surface area contributed by atoms with Crippen molar-refractivity contribution >= 4 is 5.91 Å². The van der Waals surface area contributed by atoms with Crippen molar-refractivity contribution in [3.05, 3.63) is 28.8 Å². The van der Waals surface area contributed by atoms with E-state index in [1.54, 1.807) is 6.92 Å². The Bertz CT molecular complexity index is 416. The van der Waals surface area contributed by atoms with Crippen LogP contribution in [-0.4, -0.2) is 28.1 Å². The number of amides is 1. The number of nitrogens with zero attached hydrogens (tertiary/aromatic N) is 1. The van der Waals surface area contributed by atoms with Crippen LogP contribution >= 0.6 is 0 Å². The van der Waals surface area contributed by atoms with Gasteiger partial charge in [0.1, 0.15) is 5.75 Å². The lowest BCUT2D eigenvalue weighted by Gasteiger charge is -2.13. The maximum Gasteiger partial charge on any atom is 0.256 e. The summed E-state index contributed by atoms with van der Waals surface area (Å²) in [5.41, 5.74) is 1.67. The van der Waals surface area contributed by atoms with Crippen molar-refractivity contribution < 1.29 is 15.0 Å². The second-order valence-corrected chi connectivity index (χ2v) is 3.52. The number of phenolic OH excluding ortho intramolecular Hbond substituents is 1. The molecular formula is C14H23NO3. The van der Waals surface area contributed by atoms with Crippen LogP contribution in [0.15, 0.2) is 12.1 Å². The Morgan fingerprint density at radius 3 is 2.17 bits per heavy atom. The predicted octanol–water partition coefficient (Wildman–Crippen LogP) is 2.83. The van der Waals surface area contributed by atoms with Gasteiger partial charge in [0.25, 0.3) is 5.91 Å². The highest BCUT2D eigenvalue weighted by atomic mass is 16.3. The Balaban J connectivity index is 0.000000659. The summed E-state index contributed by atoms with van der Waals surface area (Å²) in [7, 11) is 1.53. The first kappa shape index (κ1) is 16.4. The second-order valence-electron chi connectivity index (χ2n) is 3.52. The molecule has 0 aromatic heterocycles. The third kappa shape index (κ3) is 2.82. The summed E-state index contributed by atoms with van der Waals surface area (Å²) in [6.45, 7) is 9.74. The van der Waals surface area contributed by atoms with Crippen molar-refractivity contribution in [3.63, 3.8) is 0 Å². The molecular weight excluding hydrogens is 230 g/mol. The minimum Gasteiger partial charge on any atom is -0.508 e.